The van der Waals surface area contributed by atoms with Crippen molar-refractivity contribution in [3.63, 3.8) is 0 Å². The van der Waals surface area contributed by atoms with Gasteiger partial charge in [-0.3, -0.25) is 4.79 Å². The summed E-state index contributed by atoms with van der Waals surface area (Å²) in [5.41, 5.74) is 0.588. The second-order valence-corrected chi connectivity index (χ2v) is 2.69. The van der Waals surface area contributed by atoms with E-state index in [1.165, 1.54) is 6.20 Å². The quantitative estimate of drug-likeness (QED) is 0.575. The molecule has 0 radical (unpaired) electrons. The van der Waals surface area contributed by atoms with Crippen molar-refractivity contribution in [3.05, 3.63) is 23.5 Å². The van der Waals surface area contributed by atoms with Crippen LogP contribution < -0.4 is 5.32 Å². The van der Waals surface area contributed by atoms with Crippen LogP contribution in [-0.4, -0.2) is 10.9 Å². The van der Waals surface area contributed by atoms with Gasteiger partial charge in [0.1, 0.15) is 5.15 Å². The molecule has 0 atom stereocenters. The monoisotopic (exact) mass is 194 g/mol. The molecule has 0 aliphatic heterocycles. The van der Waals surface area contributed by atoms with E-state index in [1.54, 1.807) is 12.1 Å². The van der Waals surface area contributed by atoms with E-state index in [0.29, 0.717) is 10.8 Å². The van der Waals surface area contributed by atoms with Crippen molar-refractivity contribution >= 4 is 23.2 Å². The molecule has 1 N–H and O–H groups in total. The van der Waals surface area contributed by atoms with E-state index in [1.807, 2.05) is 0 Å². The van der Waals surface area contributed by atoms with Crippen LogP contribution in [0.5, 0.6) is 0 Å². The van der Waals surface area contributed by atoms with Gasteiger partial charge in [-0.25, -0.2) is 4.98 Å². The highest BCUT2D eigenvalue weighted by Gasteiger charge is 1.99. The molecule has 0 saturated carbocycles. The van der Waals surface area contributed by atoms with Crippen molar-refractivity contribution in [3.8, 4) is 12.3 Å². The Morgan fingerprint density at radius 2 is 2.46 bits per heavy atom. The molecule has 66 valence electrons. The van der Waals surface area contributed by atoms with Crippen molar-refractivity contribution in [1.82, 2.24) is 4.98 Å². The third-order valence-corrected chi connectivity index (χ3v) is 1.50. The average Bonchev–Trinajstić information content (AvgIpc) is 2.09. The minimum Gasteiger partial charge on any atom is -0.324 e. The van der Waals surface area contributed by atoms with Crippen LogP contribution in [0.2, 0.25) is 5.15 Å². The molecule has 0 fully saturated rings. The van der Waals surface area contributed by atoms with Crippen molar-refractivity contribution in [2.45, 2.75) is 6.42 Å². The highest BCUT2D eigenvalue weighted by molar-refractivity contribution is 6.29. The van der Waals surface area contributed by atoms with Crippen molar-refractivity contribution in [2.75, 3.05) is 5.32 Å². The topological polar surface area (TPSA) is 42.0 Å². The van der Waals surface area contributed by atoms with Gasteiger partial charge in [-0.1, -0.05) is 17.5 Å². The van der Waals surface area contributed by atoms with Gasteiger partial charge in [0.25, 0.3) is 0 Å². The largest absolute Gasteiger partial charge is 0.324 e. The highest BCUT2D eigenvalue weighted by atomic mass is 35.5. The number of halogens is 1. The molecule has 0 spiro atoms. The van der Waals surface area contributed by atoms with Gasteiger partial charge in [0.2, 0.25) is 5.91 Å². The summed E-state index contributed by atoms with van der Waals surface area (Å²) in [5, 5.41) is 2.95. The van der Waals surface area contributed by atoms with Crippen LogP contribution in [0.1, 0.15) is 6.42 Å². The summed E-state index contributed by atoms with van der Waals surface area (Å²) in [6.07, 6.45) is 6.49. The highest BCUT2D eigenvalue weighted by Crippen LogP contribution is 2.09. The zero-order valence-electron chi connectivity index (χ0n) is 6.75. The molecule has 0 saturated heterocycles. The summed E-state index contributed by atoms with van der Waals surface area (Å²) in [4.78, 5) is 14.8. The molecule has 1 aromatic rings. The van der Waals surface area contributed by atoms with Gasteiger partial charge in [0.05, 0.1) is 18.3 Å². The molecule has 0 bridgehead atoms. The Labute approximate surface area is 81.1 Å². The van der Waals surface area contributed by atoms with Crippen molar-refractivity contribution in [1.29, 1.82) is 0 Å². The van der Waals surface area contributed by atoms with Crippen LogP contribution in [0.4, 0.5) is 5.69 Å². The normalized spacial score (nSPS) is 8.92. The van der Waals surface area contributed by atoms with Crippen LogP contribution in [0.25, 0.3) is 0 Å². The predicted molar refractivity (Wildman–Crippen MR) is 51.3 cm³/mol. The lowest BCUT2D eigenvalue weighted by Gasteiger charge is -2.01. The molecule has 0 unspecified atom stereocenters. The maximum absolute atomic E-state index is 11.0. The van der Waals surface area contributed by atoms with Crippen LogP contribution in [0.3, 0.4) is 0 Å². The summed E-state index contributed by atoms with van der Waals surface area (Å²) < 4.78 is 0. The van der Waals surface area contributed by atoms with E-state index in [0.717, 1.165) is 0 Å². The van der Waals surface area contributed by atoms with Crippen molar-refractivity contribution < 1.29 is 4.79 Å². The second-order valence-electron chi connectivity index (χ2n) is 2.30. The first kappa shape index (κ1) is 9.56. The van der Waals surface area contributed by atoms with Gasteiger partial charge in [0, 0.05) is 0 Å². The minimum atomic E-state index is -0.230. The van der Waals surface area contributed by atoms with E-state index in [4.69, 9.17) is 18.0 Å². The summed E-state index contributed by atoms with van der Waals surface area (Å²) in [6, 6.07) is 3.25. The number of nitrogens with one attached hydrogen (secondary N) is 1. The van der Waals surface area contributed by atoms with E-state index in [2.05, 4.69) is 16.2 Å². The lowest BCUT2D eigenvalue weighted by molar-refractivity contribution is -0.115. The molecule has 1 aromatic heterocycles. The van der Waals surface area contributed by atoms with Gasteiger partial charge in [-0.05, 0) is 12.1 Å². The summed E-state index contributed by atoms with van der Waals surface area (Å²) in [6.45, 7) is 0. The number of terminal acetylenes is 1. The van der Waals surface area contributed by atoms with Crippen molar-refractivity contribution in [2.24, 2.45) is 0 Å². The zero-order chi connectivity index (χ0) is 9.68. The number of hydrogen-bond acceptors (Lipinski definition) is 2. The third-order valence-electron chi connectivity index (χ3n) is 1.27. The maximum atomic E-state index is 11.0. The number of aromatic nitrogens is 1. The lowest BCUT2D eigenvalue weighted by Crippen LogP contribution is -2.10. The van der Waals surface area contributed by atoms with Gasteiger partial charge in [0.15, 0.2) is 0 Å². The Morgan fingerprint density at radius 1 is 1.69 bits per heavy atom. The Hall–Kier alpha value is -1.53. The number of amides is 1. The SMILES string of the molecule is C#CCC(=O)Nc1ccc(Cl)nc1. The van der Waals surface area contributed by atoms with Gasteiger partial charge < -0.3 is 5.32 Å². The first-order valence-corrected chi connectivity index (χ1v) is 3.95. The molecule has 0 aliphatic rings. The van der Waals surface area contributed by atoms with Crippen LogP contribution >= 0.6 is 11.6 Å². The number of rotatable bonds is 2. The predicted octanol–water partition coefficient (Wildman–Crippen LogP) is 1.70. The van der Waals surface area contributed by atoms with Crippen LogP contribution in [0.15, 0.2) is 18.3 Å². The Balaban J connectivity index is 2.60. The summed E-state index contributed by atoms with van der Waals surface area (Å²) >= 11 is 5.55. The molecule has 1 rings (SSSR count). The molecule has 3 nitrogen and oxygen atoms in total. The van der Waals surface area contributed by atoms with Gasteiger partial charge in [-0.2, -0.15) is 0 Å². The first-order chi connectivity index (χ1) is 6.22. The molecule has 1 heterocycles. The number of nitrogens with zero attached hydrogens (tertiary/aromatic N) is 1. The van der Waals surface area contributed by atoms with Crippen LogP contribution in [0, 0.1) is 12.3 Å². The molecule has 0 aliphatic carbocycles. The van der Waals surface area contributed by atoms with E-state index in [-0.39, 0.29) is 12.3 Å². The maximum Gasteiger partial charge on any atom is 0.236 e. The Bertz CT molecular complexity index is 340. The smallest absolute Gasteiger partial charge is 0.236 e. The molecular weight excluding hydrogens is 188 g/mol. The number of carbonyl (C=O) groups is 1. The summed E-state index contributed by atoms with van der Waals surface area (Å²) in [7, 11) is 0. The third kappa shape index (κ3) is 3.14. The minimum absolute atomic E-state index is 0.0582. The zero-order valence-corrected chi connectivity index (χ0v) is 7.51. The second kappa shape index (κ2) is 4.48. The lowest BCUT2D eigenvalue weighted by atomic mass is 10.3. The fourth-order valence-corrected chi connectivity index (χ4v) is 0.859. The average molecular weight is 195 g/mol. The van der Waals surface area contributed by atoms with Gasteiger partial charge >= 0.3 is 0 Å². The van der Waals surface area contributed by atoms with E-state index in [9.17, 15) is 4.79 Å². The number of pyridine rings is 1. The number of hydrogen-bond donors (Lipinski definition) is 1. The molecular formula is C9H7ClN2O. The Kier molecular flexibility index (Phi) is 3.30. The van der Waals surface area contributed by atoms with Crippen LogP contribution in [-0.2, 0) is 4.79 Å². The first-order valence-electron chi connectivity index (χ1n) is 3.57. The molecule has 1 amide bonds. The standard InChI is InChI=1S/C9H7ClN2O/c1-2-3-9(13)12-7-4-5-8(10)11-6-7/h1,4-6H,3H2,(H,12,13). The number of anilines is 1. The Morgan fingerprint density at radius 3 is 3.00 bits per heavy atom. The fourth-order valence-electron chi connectivity index (χ4n) is 0.748. The van der Waals surface area contributed by atoms with E-state index >= 15 is 0 Å². The molecule has 13 heavy (non-hydrogen) atoms. The molecule has 0 aromatic carbocycles. The number of carbonyl (C=O) groups excluding carboxylic acids is 1. The van der Waals surface area contributed by atoms with Gasteiger partial charge in [-0.15, -0.1) is 6.42 Å². The molecule has 4 heteroatoms. The fraction of sp³-hybridized carbons (Fsp3) is 0.111. The van der Waals surface area contributed by atoms with E-state index < -0.39 is 0 Å². The summed E-state index contributed by atoms with van der Waals surface area (Å²) in [5.74, 6) is 2.01.